The van der Waals surface area contributed by atoms with Crippen LogP contribution in [0.2, 0.25) is 5.02 Å². The summed E-state index contributed by atoms with van der Waals surface area (Å²) in [6.07, 6.45) is 7.28. The van der Waals surface area contributed by atoms with Gasteiger partial charge < -0.3 is 14.8 Å². The number of amides is 2. The molecule has 3 aromatic rings. The number of nitrogens with one attached hydrogen (secondary N) is 1. The molecule has 1 aromatic heterocycles. The first-order chi connectivity index (χ1) is 16.1. The van der Waals surface area contributed by atoms with Crippen molar-refractivity contribution in [3.63, 3.8) is 0 Å². The van der Waals surface area contributed by atoms with E-state index in [1.165, 1.54) is 12.8 Å². The number of benzene rings is 2. The van der Waals surface area contributed by atoms with E-state index in [0.717, 1.165) is 53.4 Å². The molecule has 2 aliphatic heterocycles. The Bertz CT molecular complexity index is 1210. The molecule has 2 aromatic carbocycles. The Labute approximate surface area is 198 Å². The molecule has 2 fully saturated rings. The lowest BCUT2D eigenvalue weighted by Crippen LogP contribution is -2.64. The maximum Gasteiger partial charge on any atom is 0.246 e. The predicted molar refractivity (Wildman–Crippen MR) is 129 cm³/mol. The van der Waals surface area contributed by atoms with Gasteiger partial charge in [0.25, 0.3) is 0 Å². The number of hydrogen-bond donors (Lipinski definition) is 1. The Morgan fingerprint density at radius 1 is 0.909 bits per heavy atom. The minimum absolute atomic E-state index is 0.0353. The van der Waals surface area contributed by atoms with Crippen LogP contribution in [-0.4, -0.2) is 45.2 Å². The molecule has 0 spiro atoms. The Kier molecular flexibility index (Phi) is 5.17. The number of para-hydroxylation sites is 1. The minimum atomic E-state index is -0.470. The summed E-state index contributed by atoms with van der Waals surface area (Å²) >= 11 is 6.17. The van der Waals surface area contributed by atoms with Gasteiger partial charge in [0, 0.05) is 34.1 Å². The molecular formula is C27H28ClN3O2. The largest absolute Gasteiger partial charge is 0.356 e. The van der Waals surface area contributed by atoms with E-state index in [9.17, 15) is 9.59 Å². The van der Waals surface area contributed by atoms with E-state index in [2.05, 4.69) is 17.1 Å². The molecule has 5 nitrogen and oxygen atoms in total. The summed E-state index contributed by atoms with van der Waals surface area (Å²) in [6.45, 7) is 0.180. The normalized spacial score (nSPS) is 24.0. The molecule has 0 unspecified atom stereocenters. The maximum atomic E-state index is 13.9. The summed E-state index contributed by atoms with van der Waals surface area (Å²) in [5, 5.41) is 1.79. The van der Waals surface area contributed by atoms with Gasteiger partial charge >= 0.3 is 0 Å². The van der Waals surface area contributed by atoms with Crippen LogP contribution in [0, 0.1) is 0 Å². The Hall–Kier alpha value is -2.79. The van der Waals surface area contributed by atoms with Crippen LogP contribution in [-0.2, 0) is 16.0 Å². The van der Waals surface area contributed by atoms with E-state index < -0.39 is 6.04 Å². The van der Waals surface area contributed by atoms with Crippen LogP contribution in [0.15, 0.2) is 48.5 Å². The van der Waals surface area contributed by atoms with Crippen LogP contribution in [0.5, 0.6) is 0 Å². The lowest BCUT2D eigenvalue weighted by molar-refractivity contribution is -0.161. The Morgan fingerprint density at radius 3 is 2.39 bits per heavy atom. The highest BCUT2D eigenvalue weighted by Gasteiger charge is 2.49. The summed E-state index contributed by atoms with van der Waals surface area (Å²) < 4.78 is 0. The fourth-order valence-electron chi connectivity index (χ4n) is 6.16. The van der Waals surface area contributed by atoms with Gasteiger partial charge in [-0.15, -0.1) is 0 Å². The molecule has 1 aliphatic carbocycles. The van der Waals surface area contributed by atoms with Crippen LogP contribution in [0.1, 0.15) is 61.4 Å². The second-order valence-electron chi connectivity index (χ2n) is 9.65. The third kappa shape index (κ3) is 3.45. The zero-order valence-electron chi connectivity index (χ0n) is 18.6. The molecule has 6 heteroatoms. The molecule has 0 bridgehead atoms. The number of fused-ring (bicyclic) bond motifs is 4. The molecule has 170 valence electrons. The molecule has 3 heterocycles. The fraction of sp³-hybridized carbons (Fsp3) is 0.407. The van der Waals surface area contributed by atoms with Gasteiger partial charge in [0.2, 0.25) is 11.8 Å². The first-order valence-corrected chi connectivity index (χ1v) is 12.5. The number of halogens is 1. The van der Waals surface area contributed by atoms with E-state index in [1.807, 2.05) is 46.2 Å². The van der Waals surface area contributed by atoms with E-state index >= 15 is 0 Å². The van der Waals surface area contributed by atoms with Crippen molar-refractivity contribution in [2.75, 3.05) is 6.54 Å². The number of rotatable bonds is 2. The second kappa shape index (κ2) is 8.21. The Morgan fingerprint density at radius 2 is 1.64 bits per heavy atom. The summed E-state index contributed by atoms with van der Waals surface area (Å²) in [7, 11) is 0. The maximum absolute atomic E-state index is 13.9. The van der Waals surface area contributed by atoms with Crippen molar-refractivity contribution < 1.29 is 9.59 Å². The van der Waals surface area contributed by atoms with E-state index in [1.54, 1.807) is 0 Å². The van der Waals surface area contributed by atoms with Gasteiger partial charge in [0.15, 0.2) is 0 Å². The van der Waals surface area contributed by atoms with Crippen molar-refractivity contribution in [2.24, 2.45) is 0 Å². The zero-order valence-corrected chi connectivity index (χ0v) is 19.4. The van der Waals surface area contributed by atoms with E-state index in [-0.39, 0.29) is 30.4 Å². The van der Waals surface area contributed by atoms with Crippen LogP contribution in [0.3, 0.4) is 0 Å². The molecule has 33 heavy (non-hydrogen) atoms. The molecule has 1 N–H and O–H groups in total. The minimum Gasteiger partial charge on any atom is -0.356 e. The summed E-state index contributed by atoms with van der Waals surface area (Å²) in [5.41, 5.74) is 4.18. The van der Waals surface area contributed by atoms with Gasteiger partial charge in [-0.1, -0.05) is 67.6 Å². The topological polar surface area (TPSA) is 56.4 Å². The van der Waals surface area contributed by atoms with Crippen molar-refractivity contribution in [1.82, 2.24) is 14.8 Å². The molecule has 2 atom stereocenters. The van der Waals surface area contributed by atoms with Crippen LogP contribution in [0.25, 0.3) is 10.9 Å². The highest BCUT2D eigenvalue weighted by Crippen LogP contribution is 2.43. The Balaban J connectivity index is 1.46. The molecule has 3 aliphatic rings. The standard InChI is InChI=1S/C27H28ClN3O2/c28-18-13-11-17(12-14-18)26-25-21(20-9-5-6-10-22(20)29-25)15-23-27(33)30(16-24(32)31(23)26)19-7-3-1-2-4-8-19/h5-6,9-14,19,23,26,29H,1-4,7-8,15-16H2/t23-,26-/m0/s1. The number of aromatic nitrogens is 1. The third-order valence-electron chi connectivity index (χ3n) is 7.74. The van der Waals surface area contributed by atoms with Gasteiger partial charge in [-0.3, -0.25) is 9.59 Å². The first kappa shape index (κ1) is 20.8. The number of carbonyl (C=O) groups is 2. The van der Waals surface area contributed by atoms with Crippen molar-refractivity contribution in [1.29, 1.82) is 0 Å². The highest BCUT2D eigenvalue weighted by atomic mass is 35.5. The number of carbonyl (C=O) groups excluding carboxylic acids is 2. The number of piperazine rings is 1. The highest BCUT2D eigenvalue weighted by molar-refractivity contribution is 6.30. The fourth-order valence-corrected chi connectivity index (χ4v) is 6.28. The number of nitrogens with zero attached hydrogens (tertiary/aromatic N) is 2. The third-order valence-corrected chi connectivity index (χ3v) is 8.00. The van der Waals surface area contributed by atoms with E-state index in [4.69, 9.17) is 11.6 Å². The lowest BCUT2D eigenvalue weighted by atomic mass is 9.85. The van der Waals surface area contributed by atoms with Crippen molar-refractivity contribution in [2.45, 2.75) is 63.1 Å². The smallest absolute Gasteiger partial charge is 0.246 e. The molecule has 1 saturated carbocycles. The number of aromatic amines is 1. The first-order valence-electron chi connectivity index (χ1n) is 12.1. The van der Waals surface area contributed by atoms with Gasteiger partial charge in [-0.25, -0.2) is 0 Å². The number of hydrogen-bond acceptors (Lipinski definition) is 2. The summed E-state index contributed by atoms with van der Waals surface area (Å²) in [4.78, 5) is 34.9. The second-order valence-corrected chi connectivity index (χ2v) is 10.1. The van der Waals surface area contributed by atoms with Crippen LogP contribution < -0.4 is 0 Å². The van der Waals surface area contributed by atoms with Gasteiger partial charge in [-0.2, -0.15) is 0 Å². The van der Waals surface area contributed by atoms with Crippen molar-refractivity contribution in [3.8, 4) is 0 Å². The quantitative estimate of drug-likeness (QED) is 0.531. The van der Waals surface area contributed by atoms with Crippen molar-refractivity contribution in [3.05, 3.63) is 70.4 Å². The SMILES string of the molecule is O=C1[C@@H]2Cc3c([nH]c4ccccc34)[C@H](c3ccc(Cl)cc3)N2C(=O)CN1C1CCCCCC1. The van der Waals surface area contributed by atoms with E-state index in [0.29, 0.717) is 11.4 Å². The molecule has 1 saturated heterocycles. The molecule has 2 amide bonds. The number of H-pyrrole nitrogens is 1. The van der Waals surface area contributed by atoms with Gasteiger partial charge in [0.05, 0.1) is 6.04 Å². The zero-order chi connectivity index (χ0) is 22.5. The molecular weight excluding hydrogens is 434 g/mol. The molecule has 6 rings (SSSR count). The summed E-state index contributed by atoms with van der Waals surface area (Å²) in [5.74, 6) is 0.143. The van der Waals surface area contributed by atoms with Crippen LogP contribution >= 0.6 is 11.6 Å². The monoisotopic (exact) mass is 461 g/mol. The average molecular weight is 462 g/mol. The van der Waals surface area contributed by atoms with Gasteiger partial charge in [-0.05, 0) is 42.2 Å². The van der Waals surface area contributed by atoms with Crippen LogP contribution in [0.4, 0.5) is 0 Å². The average Bonchev–Trinajstić information content (AvgIpc) is 2.99. The van der Waals surface area contributed by atoms with Crippen molar-refractivity contribution >= 4 is 34.3 Å². The van der Waals surface area contributed by atoms with Gasteiger partial charge in [0.1, 0.15) is 12.6 Å². The predicted octanol–water partition coefficient (Wildman–Crippen LogP) is 5.23. The lowest BCUT2D eigenvalue weighted by Gasteiger charge is -2.48. The molecule has 0 radical (unpaired) electrons. The summed E-state index contributed by atoms with van der Waals surface area (Å²) in [6, 6.07) is 15.3.